The Bertz CT molecular complexity index is 623. The lowest BCUT2D eigenvalue weighted by Crippen LogP contribution is -2.02. The van der Waals surface area contributed by atoms with Crippen molar-refractivity contribution in [3.8, 4) is 5.75 Å². The quantitative estimate of drug-likeness (QED) is 0.913. The summed E-state index contributed by atoms with van der Waals surface area (Å²) in [7, 11) is 0. The molecule has 0 saturated carbocycles. The van der Waals surface area contributed by atoms with Gasteiger partial charge in [0.25, 0.3) is 0 Å². The number of carbonyl (C=O) groups is 1. The van der Waals surface area contributed by atoms with E-state index in [0.29, 0.717) is 11.3 Å². The molecule has 0 fully saturated rings. The van der Waals surface area contributed by atoms with Crippen molar-refractivity contribution in [3.05, 3.63) is 47.5 Å². The number of hydrogen-bond donors (Lipinski definition) is 1. The number of halogens is 1. The van der Waals surface area contributed by atoms with E-state index in [4.69, 9.17) is 9.84 Å². The van der Waals surface area contributed by atoms with E-state index in [1.807, 2.05) is 13.8 Å². The third kappa shape index (κ3) is 3.14. The van der Waals surface area contributed by atoms with Gasteiger partial charge in [-0.15, -0.1) is 0 Å². The van der Waals surface area contributed by atoms with Gasteiger partial charge in [-0.3, -0.25) is 4.68 Å². The lowest BCUT2D eigenvalue weighted by molar-refractivity contribution is 0.0696. The lowest BCUT2D eigenvalue weighted by atomic mass is 10.1. The van der Waals surface area contributed by atoms with Crippen LogP contribution in [-0.2, 0) is 6.61 Å². The monoisotopic (exact) mass is 278 g/mol. The first kappa shape index (κ1) is 14.0. The highest BCUT2D eigenvalue weighted by Gasteiger charge is 2.09. The molecule has 0 aliphatic heterocycles. The van der Waals surface area contributed by atoms with Crippen LogP contribution in [0.2, 0.25) is 0 Å². The largest absolute Gasteiger partial charge is 0.486 e. The number of aromatic carboxylic acids is 1. The molecule has 0 radical (unpaired) electrons. The molecule has 0 aliphatic rings. The molecule has 1 aromatic heterocycles. The number of nitrogens with zero attached hydrogens (tertiary/aromatic N) is 2. The van der Waals surface area contributed by atoms with Crippen LogP contribution in [0.4, 0.5) is 4.39 Å². The number of ether oxygens (including phenoxy) is 1. The lowest BCUT2D eigenvalue weighted by Gasteiger charge is -2.06. The van der Waals surface area contributed by atoms with Crippen LogP contribution in [0.1, 0.15) is 35.8 Å². The van der Waals surface area contributed by atoms with Gasteiger partial charge in [-0.1, -0.05) is 6.07 Å². The molecule has 0 amide bonds. The Morgan fingerprint density at radius 1 is 1.50 bits per heavy atom. The Morgan fingerprint density at radius 2 is 2.25 bits per heavy atom. The first-order valence-electron chi connectivity index (χ1n) is 6.16. The number of hydrogen-bond acceptors (Lipinski definition) is 3. The highest BCUT2D eigenvalue weighted by Crippen LogP contribution is 2.16. The minimum absolute atomic E-state index is 0.0233. The zero-order valence-electron chi connectivity index (χ0n) is 11.2. The second-order valence-corrected chi connectivity index (χ2v) is 4.65. The molecule has 106 valence electrons. The van der Waals surface area contributed by atoms with E-state index in [1.165, 1.54) is 12.1 Å². The molecule has 6 heteroatoms. The Balaban J connectivity index is 2.05. The minimum Gasteiger partial charge on any atom is -0.486 e. The molecule has 1 N–H and O–H groups in total. The van der Waals surface area contributed by atoms with E-state index in [0.717, 1.165) is 6.07 Å². The van der Waals surface area contributed by atoms with Crippen LogP contribution in [-0.4, -0.2) is 20.9 Å². The molecule has 0 bridgehead atoms. The maximum atomic E-state index is 13.7. The van der Waals surface area contributed by atoms with Gasteiger partial charge in [0.1, 0.15) is 12.4 Å². The van der Waals surface area contributed by atoms with Gasteiger partial charge in [-0.05, 0) is 26.0 Å². The van der Waals surface area contributed by atoms with Crippen LogP contribution in [0.3, 0.4) is 0 Å². The first-order valence-corrected chi connectivity index (χ1v) is 6.16. The summed E-state index contributed by atoms with van der Waals surface area (Å²) in [5.41, 5.74) is 0.214. The third-order valence-electron chi connectivity index (χ3n) is 2.80. The summed E-state index contributed by atoms with van der Waals surface area (Å²) >= 11 is 0. The van der Waals surface area contributed by atoms with Crippen molar-refractivity contribution in [2.45, 2.75) is 26.5 Å². The highest BCUT2D eigenvalue weighted by atomic mass is 19.1. The molecular formula is C14H15FN2O3. The normalized spacial score (nSPS) is 10.8. The van der Waals surface area contributed by atoms with Gasteiger partial charge < -0.3 is 9.84 Å². The zero-order chi connectivity index (χ0) is 14.7. The number of rotatable bonds is 5. The van der Waals surface area contributed by atoms with Crippen molar-refractivity contribution in [1.29, 1.82) is 0 Å². The molecule has 5 nitrogen and oxygen atoms in total. The molecule has 0 unspecified atom stereocenters. The zero-order valence-corrected chi connectivity index (χ0v) is 11.2. The fourth-order valence-electron chi connectivity index (χ4n) is 1.64. The van der Waals surface area contributed by atoms with Gasteiger partial charge in [-0.25, -0.2) is 9.18 Å². The Hall–Kier alpha value is -2.37. The van der Waals surface area contributed by atoms with E-state index in [9.17, 15) is 9.18 Å². The number of aromatic nitrogens is 2. The van der Waals surface area contributed by atoms with E-state index < -0.39 is 11.8 Å². The molecule has 0 spiro atoms. The fraction of sp³-hybridized carbons (Fsp3) is 0.286. The molecule has 0 saturated heterocycles. The summed E-state index contributed by atoms with van der Waals surface area (Å²) in [5.74, 6) is -1.21. The first-order chi connectivity index (χ1) is 9.47. The molecule has 0 atom stereocenters. The van der Waals surface area contributed by atoms with Crippen molar-refractivity contribution >= 4 is 5.97 Å². The van der Waals surface area contributed by atoms with Crippen molar-refractivity contribution in [1.82, 2.24) is 9.78 Å². The maximum absolute atomic E-state index is 13.7. The molecule has 1 heterocycles. The Kier molecular flexibility index (Phi) is 4.02. The summed E-state index contributed by atoms with van der Waals surface area (Å²) in [6.45, 7) is 4.00. The molecule has 1 aromatic carbocycles. The van der Waals surface area contributed by atoms with Crippen LogP contribution < -0.4 is 4.74 Å². The van der Waals surface area contributed by atoms with Gasteiger partial charge >= 0.3 is 5.97 Å². The van der Waals surface area contributed by atoms with Gasteiger partial charge in [0.15, 0.2) is 5.75 Å². The Labute approximate surface area is 115 Å². The summed E-state index contributed by atoms with van der Waals surface area (Å²) in [6, 6.07) is 3.96. The van der Waals surface area contributed by atoms with Crippen LogP contribution >= 0.6 is 0 Å². The van der Waals surface area contributed by atoms with E-state index in [2.05, 4.69) is 5.10 Å². The van der Waals surface area contributed by atoms with Gasteiger partial charge in [0.05, 0.1) is 18.0 Å². The Morgan fingerprint density at radius 3 is 2.80 bits per heavy atom. The SMILES string of the molecule is CC(C)n1cc(OCc2ccc(C(=O)O)cc2F)cn1. The molecule has 0 aliphatic carbocycles. The van der Waals surface area contributed by atoms with Crippen molar-refractivity contribution < 1.29 is 19.0 Å². The van der Waals surface area contributed by atoms with Crippen molar-refractivity contribution in [2.24, 2.45) is 0 Å². The van der Waals surface area contributed by atoms with Gasteiger partial charge in [0, 0.05) is 11.6 Å². The molecule has 2 rings (SSSR count). The van der Waals surface area contributed by atoms with Crippen molar-refractivity contribution in [3.63, 3.8) is 0 Å². The summed E-state index contributed by atoms with van der Waals surface area (Å²) in [4.78, 5) is 10.7. The number of carboxylic acids is 1. The highest BCUT2D eigenvalue weighted by molar-refractivity contribution is 5.87. The summed E-state index contributed by atoms with van der Waals surface area (Å²) in [5, 5.41) is 12.9. The summed E-state index contributed by atoms with van der Waals surface area (Å²) < 4.78 is 20.9. The predicted octanol–water partition coefficient (Wildman–Crippen LogP) is 2.88. The van der Waals surface area contributed by atoms with E-state index in [1.54, 1.807) is 17.1 Å². The smallest absolute Gasteiger partial charge is 0.335 e. The maximum Gasteiger partial charge on any atom is 0.335 e. The molecule has 20 heavy (non-hydrogen) atoms. The van der Waals surface area contributed by atoms with E-state index >= 15 is 0 Å². The standard InChI is InChI=1S/C14H15FN2O3/c1-9(2)17-7-12(6-16-17)20-8-11-4-3-10(14(18)19)5-13(11)15/h3-7,9H,8H2,1-2H3,(H,18,19). The van der Waals surface area contributed by atoms with Crippen LogP contribution in [0.25, 0.3) is 0 Å². The van der Waals surface area contributed by atoms with Crippen LogP contribution in [0, 0.1) is 5.82 Å². The molecule has 2 aromatic rings. The topological polar surface area (TPSA) is 64.3 Å². The second kappa shape index (κ2) is 5.73. The van der Waals surface area contributed by atoms with Gasteiger partial charge in [-0.2, -0.15) is 5.10 Å². The van der Waals surface area contributed by atoms with Gasteiger partial charge in [0.2, 0.25) is 0 Å². The fourth-order valence-corrected chi connectivity index (χ4v) is 1.64. The van der Waals surface area contributed by atoms with Crippen LogP contribution in [0.15, 0.2) is 30.6 Å². The average Bonchev–Trinajstić information content (AvgIpc) is 2.86. The second-order valence-electron chi connectivity index (χ2n) is 4.65. The minimum atomic E-state index is -1.16. The van der Waals surface area contributed by atoms with Crippen LogP contribution in [0.5, 0.6) is 5.75 Å². The molecular weight excluding hydrogens is 263 g/mol. The summed E-state index contributed by atoms with van der Waals surface area (Å²) in [6.07, 6.45) is 3.29. The number of carboxylic acid groups (broad SMARTS) is 1. The van der Waals surface area contributed by atoms with Crippen molar-refractivity contribution in [2.75, 3.05) is 0 Å². The predicted molar refractivity (Wildman–Crippen MR) is 70.3 cm³/mol. The third-order valence-corrected chi connectivity index (χ3v) is 2.80. The van der Waals surface area contributed by atoms with E-state index in [-0.39, 0.29) is 18.2 Å². The average molecular weight is 278 g/mol. The number of benzene rings is 1.